The van der Waals surface area contributed by atoms with Crippen molar-refractivity contribution in [1.82, 2.24) is 0 Å². The van der Waals surface area contributed by atoms with E-state index in [1.54, 1.807) is 0 Å². The molecule has 0 heterocycles. The third-order valence-electron chi connectivity index (χ3n) is 2.72. The van der Waals surface area contributed by atoms with E-state index in [9.17, 15) is 9.36 Å². The summed E-state index contributed by atoms with van der Waals surface area (Å²) >= 11 is 0. The molecule has 0 saturated carbocycles. The van der Waals surface area contributed by atoms with Crippen LogP contribution < -0.4 is 0 Å². The van der Waals surface area contributed by atoms with Crippen LogP contribution in [0.2, 0.25) is 0 Å². The van der Waals surface area contributed by atoms with Crippen molar-refractivity contribution >= 4 is 13.8 Å². The van der Waals surface area contributed by atoms with Gasteiger partial charge in [-0.05, 0) is 19.3 Å². The smallest absolute Gasteiger partial charge is 0.370 e. The molecule has 0 aliphatic rings. The Hall–Kier alpha value is -0.380. The fourth-order valence-corrected chi connectivity index (χ4v) is 2.09. The first-order chi connectivity index (χ1) is 6.81. The van der Waals surface area contributed by atoms with E-state index in [2.05, 4.69) is 4.52 Å². The summed E-state index contributed by atoms with van der Waals surface area (Å²) in [5.74, 6) is -0.789. The molecule has 0 fully saturated rings. The van der Waals surface area contributed by atoms with Crippen LogP contribution in [0.1, 0.15) is 46.5 Å². The Balaban J connectivity index is 4.76. The lowest BCUT2D eigenvalue weighted by Gasteiger charge is -2.28. The van der Waals surface area contributed by atoms with Gasteiger partial charge in [0, 0.05) is 0 Å². The zero-order valence-electron chi connectivity index (χ0n) is 9.39. The van der Waals surface area contributed by atoms with Gasteiger partial charge in [-0.15, -0.1) is 0 Å². The first kappa shape index (κ1) is 14.6. The highest BCUT2D eigenvalue weighted by atomic mass is 31.2. The van der Waals surface area contributed by atoms with E-state index in [-0.39, 0.29) is 0 Å². The highest BCUT2D eigenvalue weighted by molar-refractivity contribution is 7.46. The highest BCUT2D eigenvalue weighted by Crippen LogP contribution is 2.42. The lowest BCUT2D eigenvalue weighted by molar-refractivity contribution is -0.148. The predicted octanol–water partition coefficient (Wildman–Crippen LogP) is 2.23. The zero-order chi connectivity index (χ0) is 12.1. The van der Waals surface area contributed by atoms with Gasteiger partial charge >= 0.3 is 13.8 Å². The van der Waals surface area contributed by atoms with Gasteiger partial charge in [-0.2, -0.15) is 0 Å². The molecule has 0 aromatic rings. The minimum atomic E-state index is -4.72. The molecule has 0 saturated heterocycles. The Morgan fingerprint density at radius 1 is 1.27 bits per heavy atom. The molecule has 0 aliphatic heterocycles. The van der Waals surface area contributed by atoms with Crippen LogP contribution in [0, 0.1) is 5.41 Å². The van der Waals surface area contributed by atoms with Crippen LogP contribution in [0.5, 0.6) is 0 Å². The molecule has 0 bridgehead atoms. The molecule has 5 nitrogen and oxygen atoms in total. The third-order valence-corrected chi connectivity index (χ3v) is 3.12. The van der Waals surface area contributed by atoms with E-state index in [1.165, 1.54) is 0 Å². The van der Waals surface area contributed by atoms with E-state index >= 15 is 0 Å². The van der Waals surface area contributed by atoms with E-state index in [4.69, 9.17) is 9.79 Å². The zero-order valence-corrected chi connectivity index (χ0v) is 10.3. The Kier molecular flexibility index (Phi) is 5.49. The average molecular weight is 238 g/mol. The largest absolute Gasteiger partial charge is 0.527 e. The van der Waals surface area contributed by atoms with Crippen LogP contribution >= 0.6 is 7.82 Å². The summed E-state index contributed by atoms with van der Waals surface area (Å²) in [7, 11) is -4.72. The van der Waals surface area contributed by atoms with E-state index in [0.717, 1.165) is 6.42 Å². The van der Waals surface area contributed by atoms with Crippen molar-refractivity contribution in [3.8, 4) is 0 Å². The molecule has 0 unspecified atom stereocenters. The minimum absolute atomic E-state index is 0.524. The van der Waals surface area contributed by atoms with Gasteiger partial charge in [0.25, 0.3) is 0 Å². The lowest BCUT2D eigenvalue weighted by Crippen LogP contribution is -2.31. The molecule has 0 amide bonds. The summed E-state index contributed by atoms with van der Waals surface area (Å²) in [5, 5.41) is 0. The van der Waals surface area contributed by atoms with Crippen LogP contribution in [0.15, 0.2) is 0 Å². The van der Waals surface area contributed by atoms with Gasteiger partial charge < -0.3 is 4.52 Å². The van der Waals surface area contributed by atoms with Crippen molar-refractivity contribution < 1.29 is 23.7 Å². The predicted molar refractivity (Wildman–Crippen MR) is 56.1 cm³/mol. The first-order valence-electron chi connectivity index (χ1n) is 5.11. The first-order valence-corrected chi connectivity index (χ1v) is 6.64. The molecule has 0 rings (SSSR count). The van der Waals surface area contributed by atoms with E-state index in [1.807, 2.05) is 20.8 Å². The molecule has 0 aromatic heterocycles. The Labute approximate surface area is 90.1 Å². The molecule has 6 heteroatoms. The minimum Gasteiger partial charge on any atom is -0.370 e. The fraction of sp³-hybridized carbons (Fsp3) is 0.889. The quantitative estimate of drug-likeness (QED) is 0.693. The van der Waals surface area contributed by atoms with Crippen molar-refractivity contribution in [2.24, 2.45) is 5.41 Å². The average Bonchev–Trinajstić information content (AvgIpc) is 2.11. The molecule has 2 N–H and O–H groups in total. The normalized spacial score (nSPS) is 12.6. The van der Waals surface area contributed by atoms with Crippen LogP contribution in [0.4, 0.5) is 0 Å². The molecular weight excluding hydrogens is 219 g/mol. The standard InChI is InChI=1S/C9H19O5P/c1-4-7-9(5-2,6-3)8(10)14-15(11,12)13/h4-7H2,1-3H3,(H2,11,12,13). The number of rotatable bonds is 6. The van der Waals surface area contributed by atoms with Gasteiger partial charge in [-0.3, -0.25) is 14.6 Å². The van der Waals surface area contributed by atoms with Gasteiger partial charge in [-0.25, -0.2) is 4.57 Å². The second kappa shape index (κ2) is 5.64. The van der Waals surface area contributed by atoms with Crippen molar-refractivity contribution in [3.05, 3.63) is 0 Å². The lowest BCUT2D eigenvalue weighted by atomic mass is 9.78. The number of phosphoric ester groups is 1. The summed E-state index contributed by atoms with van der Waals surface area (Å²) in [4.78, 5) is 28.8. The molecule has 0 radical (unpaired) electrons. The maximum atomic E-state index is 11.6. The molecule has 15 heavy (non-hydrogen) atoms. The number of hydrogen-bond acceptors (Lipinski definition) is 3. The summed E-state index contributed by atoms with van der Waals surface area (Å²) in [6.07, 6.45) is 2.41. The van der Waals surface area contributed by atoms with Gasteiger partial charge in [0.2, 0.25) is 0 Å². The maximum absolute atomic E-state index is 11.6. The number of hydrogen-bond donors (Lipinski definition) is 2. The second-order valence-corrected chi connectivity index (χ2v) is 4.77. The topological polar surface area (TPSA) is 83.8 Å². The molecule has 0 aliphatic carbocycles. The fourth-order valence-electron chi connectivity index (χ4n) is 1.68. The van der Waals surface area contributed by atoms with Crippen LogP contribution in [0.3, 0.4) is 0 Å². The number of carbonyl (C=O) groups excluding carboxylic acids is 1. The van der Waals surface area contributed by atoms with Gasteiger partial charge in [0.1, 0.15) is 0 Å². The molecule has 0 atom stereocenters. The van der Waals surface area contributed by atoms with Crippen LogP contribution in [0.25, 0.3) is 0 Å². The third kappa shape index (κ3) is 4.33. The maximum Gasteiger partial charge on any atom is 0.527 e. The van der Waals surface area contributed by atoms with Crippen LogP contribution in [-0.2, 0) is 13.9 Å². The highest BCUT2D eigenvalue weighted by Gasteiger charge is 2.38. The molecule has 0 spiro atoms. The Bertz CT molecular complexity index is 253. The second-order valence-electron chi connectivity index (χ2n) is 3.61. The van der Waals surface area contributed by atoms with Gasteiger partial charge in [0.15, 0.2) is 0 Å². The van der Waals surface area contributed by atoms with Crippen molar-refractivity contribution in [2.45, 2.75) is 46.5 Å². The summed E-state index contributed by atoms with van der Waals surface area (Å²) < 4.78 is 14.7. The van der Waals surface area contributed by atoms with E-state index in [0.29, 0.717) is 19.3 Å². The number of phosphoric acid groups is 1. The van der Waals surface area contributed by atoms with E-state index < -0.39 is 19.2 Å². The van der Waals surface area contributed by atoms with Gasteiger partial charge in [0.05, 0.1) is 5.41 Å². The summed E-state index contributed by atoms with van der Waals surface area (Å²) in [6, 6.07) is 0. The Morgan fingerprint density at radius 3 is 2.00 bits per heavy atom. The monoisotopic (exact) mass is 238 g/mol. The molecule has 0 aromatic carbocycles. The molecule has 90 valence electrons. The van der Waals surface area contributed by atoms with Crippen molar-refractivity contribution in [2.75, 3.05) is 0 Å². The Morgan fingerprint density at radius 2 is 1.73 bits per heavy atom. The number of carbonyl (C=O) groups is 1. The molecular formula is C9H19O5P. The van der Waals surface area contributed by atoms with Gasteiger partial charge in [-0.1, -0.05) is 27.2 Å². The SMILES string of the molecule is CCCC(CC)(CC)C(=O)OP(=O)(O)O. The van der Waals surface area contributed by atoms with Crippen LogP contribution in [-0.4, -0.2) is 15.8 Å². The summed E-state index contributed by atoms with van der Waals surface area (Å²) in [5.41, 5.74) is -0.754. The summed E-state index contributed by atoms with van der Waals surface area (Å²) in [6.45, 7) is 5.56. The van der Waals surface area contributed by atoms with Crippen molar-refractivity contribution in [1.29, 1.82) is 0 Å². The van der Waals surface area contributed by atoms with Crippen molar-refractivity contribution in [3.63, 3.8) is 0 Å².